The summed E-state index contributed by atoms with van der Waals surface area (Å²) in [7, 11) is 0.282. The van der Waals surface area contributed by atoms with Gasteiger partial charge in [-0.25, -0.2) is 8.42 Å². The monoisotopic (exact) mass is 480 g/mol. The van der Waals surface area contributed by atoms with Gasteiger partial charge in [0, 0.05) is 25.5 Å². The van der Waals surface area contributed by atoms with E-state index < -0.39 is 10.0 Å². The molecule has 0 fully saturated rings. The summed E-state index contributed by atoms with van der Waals surface area (Å²) in [5, 5.41) is 0. The Morgan fingerprint density at radius 3 is 1.79 bits per heavy atom. The van der Waals surface area contributed by atoms with Crippen LogP contribution in [-0.4, -0.2) is 22.5 Å². The maximum atomic E-state index is 13.0. The highest BCUT2D eigenvalue weighted by Gasteiger charge is 2.27. The van der Waals surface area contributed by atoms with Crippen molar-refractivity contribution in [3.63, 3.8) is 0 Å². The van der Waals surface area contributed by atoms with Crippen molar-refractivity contribution >= 4 is 32.8 Å². The fourth-order valence-electron chi connectivity index (χ4n) is 3.61. The van der Waals surface area contributed by atoms with Crippen LogP contribution in [0.3, 0.4) is 0 Å². The van der Waals surface area contributed by atoms with E-state index in [2.05, 4.69) is 50.2 Å². The van der Waals surface area contributed by atoms with Crippen LogP contribution >= 0.6 is 0 Å². The third-order valence-electron chi connectivity index (χ3n) is 6.53. The number of benzene rings is 3. The molecule has 6 nitrogen and oxygen atoms in total. The van der Waals surface area contributed by atoms with Gasteiger partial charge < -0.3 is 15.8 Å². The van der Waals surface area contributed by atoms with Crippen LogP contribution in [-0.2, 0) is 15.4 Å². The average molecular weight is 481 g/mol. The molecule has 182 valence electrons. The van der Waals surface area contributed by atoms with Crippen molar-refractivity contribution in [1.82, 2.24) is 0 Å². The van der Waals surface area contributed by atoms with Crippen molar-refractivity contribution in [2.45, 2.75) is 44.9 Å². The Kier molecular flexibility index (Phi) is 7.46. The molecular weight excluding hydrogens is 444 g/mol. The van der Waals surface area contributed by atoms with Gasteiger partial charge in [0.2, 0.25) is 0 Å². The Balaban J connectivity index is 1.70. The van der Waals surface area contributed by atoms with Crippen molar-refractivity contribution in [2.75, 3.05) is 34.6 Å². The Hall–Kier alpha value is -3.19. The lowest BCUT2D eigenvalue weighted by atomic mass is 9.73. The second-order valence-electron chi connectivity index (χ2n) is 9.73. The summed E-state index contributed by atoms with van der Waals surface area (Å²) >= 11 is 0. The number of rotatable bonds is 9. The van der Waals surface area contributed by atoms with Gasteiger partial charge in [-0.3, -0.25) is 4.72 Å². The molecule has 3 aromatic rings. The second-order valence-corrected chi connectivity index (χ2v) is 11.4. The van der Waals surface area contributed by atoms with Gasteiger partial charge in [0.25, 0.3) is 10.0 Å². The molecular formula is C27H36N4O2S. The zero-order chi connectivity index (χ0) is 25.1. The lowest BCUT2D eigenvalue weighted by Crippen LogP contribution is -2.25. The molecule has 0 aliphatic heterocycles. The highest BCUT2D eigenvalue weighted by molar-refractivity contribution is 7.92. The predicted molar refractivity (Wildman–Crippen MR) is 144 cm³/mol. The number of nitrogens with one attached hydrogen (secondary N) is 3. The third-order valence-corrected chi connectivity index (χ3v) is 7.92. The molecule has 3 rings (SSSR count). The van der Waals surface area contributed by atoms with Crippen molar-refractivity contribution in [2.24, 2.45) is 5.92 Å². The first-order chi connectivity index (χ1) is 15.9. The van der Waals surface area contributed by atoms with Crippen LogP contribution in [0.15, 0.2) is 71.6 Å². The molecule has 0 aliphatic carbocycles. The quantitative estimate of drug-likeness (QED) is 0.316. The van der Waals surface area contributed by atoms with Crippen LogP contribution in [0.2, 0.25) is 0 Å². The molecule has 34 heavy (non-hydrogen) atoms. The molecule has 0 atom stereocenters. The Bertz CT molecular complexity index is 1220. The molecule has 0 saturated heterocycles. The summed E-state index contributed by atoms with van der Waals surface area (Å²) in [6.07, 6.45) is 0. The molecule has 0 unspecified atom stereocenters. The number of sulfonamides is 1. The Labute approximate surface area is 204 Å². The number of aryl methyl sites for hydroxylation is 1. The molecule has 3 N–H and O–H groups in total. The summed E-state index contributed by atoms with van der Waals surface area (Å²) < 4.78 is 28.8. The lowest BCUT2D eigenvalue weighted by molar-refractivity contribution is 0.370. The summed E-state index contributed by atoms with van der Waals surface area (Å²) in [4.78, 5) is 2.24. The number of anilines is 4. The van der Waals surface area contributed by atoms with E-state index in [0.29, 0.717) is 11.6 Å². The van der Waals surface area contributed by atoms with Gasteiger partial charge >= 0.3 is 0 Å². The van der Waals surface area contributed by atoms with Crippen LogP contribution < -0.4 is 20.5 Å². The fraction of sp³-hybridized carbons (Fsp3) is 0.333. The molecule has 0 radical (unpaired) electrons. The summed E-state index contributed by atoms with van der Waals surface area (Å²) in [5.74, 6) is 0.414. The molecule has 0 aromatic heterocycles. The summed E-state index contributed by atoms with van der Waals surface area (Å²) in [6, 6.07) is 20.4. The van der Waals surface area contributed by atoms with Gasteiger partial charge in [-0.05, 0) is 90.0 Å². The first-order valence-electron chi connectivity index (χ1n) is 11.4. The van der Waals surface area contributed by atoms with Gasteiger partial charge in [-0.1, -0.05) is 33.8 Å². The van der Waals surface area contributed by atoms with Crippen LogP contribution in [0.4, 0.5) is 22.7 Å². The van der Waals surface area contributed by atoms with Crippen LogP contribution in [0, 0.1) is 12.8 Å². The van der Waals surface area contributed by atoms with Crippen LogP contribution in [0.25, 0.3) is 0 Å². The minimum Gasteiger partial charge on any atom is -0.378 e. The van der Waals surface area contributed by atoms with E-state index in [4.69, 9.17) is 0 Å². The van der Waals surface area contributed by atoms with Crippen LogP contribution in [0.5, 0.6) is 0 Å². The normalized spacial score (nSPS) is 11.9. The first kappa shape index (κ1) is 25.4. The Morgan fingerprint density at radius 2 is 1.29 bits per heavy atom. The molecule has 3 aromatic carbocycles. The average Bonchev–Trinajstić information content (AvgIpc) is 2.79. The van der Waals surface area contributed by atoms with Crippen molar-refractivity contribution < 1.29 is 8.42 Å². The zero-order valence-electron chi connectivity index (χ0n) is 21.1. The zero-order valence-corrected chi connectivity index (χ0v) is 21.9. The molecule has 7 heteroatoms. The molecule has 0 aliphatic rings. The summed E-state index contributed by atoms with van der Waals surface area (Å²) in [5.41, 5.74) is 11.8. The molecule has 0 bridgehead atoms. The van der Waals surface area contributed by atoms with Crippen molar-refractivity contribution in [1.29, 1.82) is 0 Å². The molecule has 0 saturated carbocycles. The fourth-order valence-corrected chi connectivity index (χ4v) is 4.66. The lowest BCUT2D eigenvalue weighted by Gasteiger charge is -2.32. The maximum absolute atomic E-state index is 13.0. The maximum Gasteiger partial charge on any atom is 0.261 e. The second kappa shape index (κ2) is 9.97. The van der Waals surface area contributed by atoms with Gasteiger partial charge in [0.15, 0.2) is 0 Å². The topological polar surface area (TPSA) is 73.5 Å². The van der Waals surface area contributed by atoms with E-state index >= 15 is 0 Å². The largest absolute Gasteiger partial charge is 0.378 e. The smallest absolute Gasteiger partial charge is 0.261 e. The van der Waals surface area contributed by atoms with Crippen LogP contribution in [0.1, 0.15) is 38.8 Å². The SMILES string of the molecule is Cc1ccc(NS(=O)(=O)c2ccc(NNc3ccc(N(C)C)cc3)cc2)cc1C(C)(C)C(C)C. The number of hydrazine groups is 1. The van der Waals surface area contributed by atoms with Gasteiger partial charge in [0.05, 0.1) is 16.3 Å². The van der Waals surface area contributed by atoms with E-state index in [9.17, 15) is 8.42 Å². The van der Waals surface area contributed by atoms with Gasteiger partial charge in [0.1, 0.15) is 0 Å². The van der Waals surface area contributed by atoms with E-state index in [-0.39, 0.29) is 10.3 Å². The molecule has 0 amide bonds. The first-order valence-corrected chi connectivity index (χ1v) is 12.9. The van der Waals surface area contributed by atoms with E-state index in [1.165, 1.54) is 0 Å². The highest BCUT2D eigenvalue weighted by atomic mass is 32.2. The number of hydrogen-bond donors (Lipinski definition) is 3. The Morgan fingerprint density at radius 1 is 0.794 bits per heavy atom. The predicted octanol–water partition coefficient (Wildman–Crippen LogP) is 6.23. The minimum absolute atomic E-state index is 0.0708. The van der Waals surface area contributed by atoms with E-state index in [1.54, 1.807) is 24.3 Å². The van der Waals surface area contributed by atoms with E-state index in [1.807, 2.05) is 61.5 Å². The molecule has 0 spiro atoms. The minimum atomic E-state index is -3.71. The van der Waals surface area contributed by atoms with Gasteiger partial charge in [-0.15, -0.1) is 0 Å². The number of nitrogens with zero attached hydrogens (tertiary/aromatic N) is 1. The van der Waals surface area contributed by atoms with E-state index in [0.717, 1.165) is 28.2 Å². The third kappa shape index (κ3) is 5.83. The van der Waals surface area contributed by atoms with Crippen molar-refractivity contribution in [3.05, 3.63) is 77.9 Å². The molecule has 0 heterocycles. The van der Waals surface area contributed by atoms with Gasteiger partial charge in [-0.2, -0.15) is 0 Å². The standard InChI is InChI=1S/C27H36N4O2S/c1-19(2)27(4,5)26-18-23(9-8-20(26)3)30-34(32,33)25-16-12-22(13-17-25)29-28-21-10-14-24(15-11-21)31(6)7/h8-19,28-30H,1-7H3. The number of hydrogen-bond acceptors (Lipinski definition) is 5. The summed E-state index contributed by atoms with van der Waals surface area (Å²) in [6.45, 7) is 10.8. The van der Waals surface area contributed by atoms with Crippen molar-refractivity contribution in [3.8, 4) is 0 Å². The highest BCUT2D eigenvalue weighted by Crippen LogP contribution is 2.35.